The van der Waals surface area contributed by atoms with Gasteiger partial charge in [0.25, 0.3) is 0 Å². The van der Waals surface area contributed by atoms with Crippen LogP contribution in [0.5, 0.6) is 0 Å². The van der Waals surface area contributed by atoms with Crippen LogP contribution in [-0.4, -0.2) is 24.2 Å². The third-order valence-electron chi connectivity index (χ3n) is 2.40. The average molecular weight is 157 g/mol. The highest BCUT2D eigenvalue weighted by Crippen LogP contribution is 2.19. The van der Waals surface area contributed by atoms with Crippen LogP contribution in [0.15, 0.2) is 0 Å². The molecular formula is C8H15NO2. The predicted octanol–water partition coefficient (Wildman–Crippen LogP) is 0.141. The fraction of sp³-hybridized carbons (Fsp3) is 0.875. The van der Waals surface area contributed by atoms with Gasteiger partial charge in [0, 0.05) is 19.6 Å². The maximum absolute atomic E-state index is 10.7. The molecule has 0 bridgehead atoms. The van der Waals surface area contributed by atoms with Gasteiger partial charge in [-0.15, -0.1) is 0 Å². The third-order valence-corrected chi connectivity index (χ3v) is 2.40. The molecule has 3 nitrogen and oxygen atoms in total. The van der Waals surface area contributed by atoms with Gasteiger partial charge in [-0.25, -0.2) is 0 Å². The second-order valence-corrected chi connectivity index (χ2v) is 3.26. The van der Waals surface area contributed by atoms with Gasteiger partial charge in [0.1, 0.15) is 0 Å². The topological polar surface area (TPSA) is 49.3 Å². The van der Waals surface area contributed by atoms with Gasteiger partial charge in [0.15, 0.2) is 0 Å². The summed E-state index contributed by atoms with van der Waals surface area (Å²) in [6.07, 6.45) is 1.54. The van der Waals surface area contributed by atoms with Crippen molar-refractivity contribution in [2.45, 2.75) is 19.8 Å². The standard InChI is InChI=1S/C8H15NO2/c1-6(5-10)7-2-3-8(11)9-4-7/h6-7,10H,2-5H2,1H3,(H,9,11). The van der Waals surface area contributed by atoms with Crippen LogP contribution in [0.2, 0.25) is 0 Å². The van der Waals surface area contributed by atoms with E-state index in [2.05, 4.69) is 5.32 Å². The highest BCUT2D eigenvalue weighted by atomic mass is 16.3. The fourth-order valence-electron chi connectivity index (χ4n) is 1.39. The zero-order chi connectivity index (χ0) is 8.27. The fourth-order valence-corrected chi connectivity index (χ4v) is 1.39. The lowest BCUT2D eigenvalue weighted by Crippen LogP contribution is -2.38. The summed E-state index contributed by atoms with van der Waals surface area (Å²) in [5.41, 5.74) is 0. The molecule has 2 atom stereocenters. The van der Waals surface area contributed by atoms with Gasteiger partial charge in [0.05, 0.1) is 0 Å². The van der Waals surface area contributed by atoms with Gasteiger partial charge in [0.2, 0.25) is 5.91 Å². The molecule has 0 aliphatic carbocycles. The summed E-state index contributed by atoms with van der Waals surface area (Å²) < 4.78 is 0. The van der Waals surface area contributed by atoms with E-state index in [0.717, 1.165) is 13.0 Å². The van der Waals surface area contributed by atoms with E-state index in [-0.39, 0.29) is 12.5 Å². The largest absolute Gasteiger partial charge is 0.396 e. The van der Waals surface area contributed by atoms with Crippen molar-refractivity contribution in [2.24, 2.45) is 11.8 Å². The molecule has 2 N–H and O–H groups in total. The number of amides is 1. The number of aliphatic hydroxyl groups is 1. The van der Waals surface area contributed by atoms with Crippen molar-refractivity contribution in [3.05, 3.63) is 0 Å². The Hall–Kier alpha value is -0.570. The van der Waals surface area contributed by atoms with Crippen LogP contribution in [0.4, 0.5) is 0 Å². The number of aliphatic hydroxyl groups excluding tert-OH is 1. The van der Waals surface area contributed by atoms with E-state index in [0.29, 0.717) is 18.3 Å². The number of carbonyl (C=O) groups excluding carboxylic acids is 1. The molecule has 3 heteroatoms. The van der Waals surface area contributed by atoms with E-state index in [1.807, 2.05) is 6.92 Å². The lowest BCUT2D eigenvalue weighted by molar-refractivity contribution is -0.123. The maximum atomic E-state index is 10.7. The quantitative estimate of drug-likeness (QED) is 0.599. The number of nitrogens with one attached hydrogen (secondary N) is 1. The van der Waals surface area contributed by atoms with Crippen molar-refractivity contribution < 1.29 is 9.90 Å². The molecule has 0 aromatic rings. The van der Waals surface area contributed by atoms with Crippen LogP contribution in [-0.2, 0) is 4.79 Å². The molecule has 1 heterocycles. The summed E-state index contributed by atoms with van der Waals surface area (Å²) >= 11 is 0. The third kappa shape index (κ3) is 2.19. The molecule has 1 amide bonds. The van der Waals surface area contributed by atoms with E-state index >= 15 is 0 Å². The van der Waals surface area contributed by atoms with E-state index in [1.54, 1.807) is 0 Å². The molecule has 0 aromatic heterocycles. The monoisotopic (exact) mass is 157 g/mol. The predicted molar refractivity (Wildman–Crippen MR) is 42.0 cm³/mol. The van der Waals surface area contributed by atoms with E-state index in [9.17, 15) is 4.79 Å². The zero-order valence-electron chi connectivity index (χ0n) is 6.84. The summed E-state index contributed by atoms with van der Waals surface area (Å²) in [6, 6.07) is 0. The summed E-state index contributed by atoms with van der Waals surface area (Å²) in [5, 5.41) is 11.6. The minimum absolute atomic E-state index is 0.145. The first-order chi connectivity index (χ1) is 5.24. The van der Waals surface area contributed by atoms with Crippen LogP contribution < -0.4 is 5.32 Å². The molecule has 11 heavy (non-hydrogen) atoms. The van der Waals surface area contributed by atoms with Crippen LogP contribution in [0.1, 0.15) is 19.8 Å². The second kappa shape index (κ2) is 3.72. The normalized spacial score (nSPS) is 27.8. The molecule has 1 rings (SSSR count). The maximum Gasteiger partial charge on any atom is 0.220 e. The molecule has 1 fully saturated rings. The van der Waals surface area contributed by atoms with Crippen LogP contribution in [0, 0.1) is 11.8 Å². The van der Waals surface area contributed by atoms with Crippen LogP contribution >= 0.6 is 0 Å². The van der Waals surface area contributed by atoms with Crippen LogP contribution in [0.25, 0.3) is 0 Å². The van der Waals surface area contributed by atoms with Crippen molar-refractivity contribution >= 4 is 5.91 Å². The summed E-state index contributed by atoms with van der Waals surface area (Å²) in [4.78, 5) is 10.7. The Morgan fingerprint density at radius 2 is 2.55 bits per heavy atom. The summed E-state index contributed by atoms with van der Waals surface area (Å²) in [6.45, 7) is 2.98. The molecule has 0 saturated carbocycles. The number of carbonyl (C=O) groups is 1. The van der Waals surface area contributed by atoms with Crippen LogP contribution in [0.3, 0.4) is 0 Å². The number of piperidine rings is 1. The van der Waals surface area contributed by atoms with Crippen molar-refractivity contribution in [3.63, 3.8) is 0 Å². The van der Waals surface area contributed by atoms with Gasteiger partial charge < -0.3 is 10.4 Å². The smallest absolute Gasteiger partial charge is 0.220 e. The van der Waals surface area contributed by atoms with Crippen molar-refractivity contribution in [1.29, 1.82) is 0 Å². The number of rotatable bonds is 2. The Morgan fingerprint density at radius 1 is 1.82 bits per heavy atom. The molecule has 64 valence electrons. The van der Waals surface area contributed by atoms with E-state index in [4.69, 9.17) is 5.11 Å². The summed E-state index contributed by atoms with van der Waals surface area (Å²) in [5.74, 6) is 0.930. The molecule has 2 unspecified atom stereocenters. The number of hydrogen-bond donors (Lipinski definition) is 2. The Kier molecular flexibility index (Phi) is 2.88. The average Bonchev–Trinajstić information content (AvgIpc) is 2.05. The molecule has 1 saturated heterocycles. The Bertz CT molecular complexity index is 137. The second-order valence-electron chi connectivity index (χ2n) is 3.26. The van der Waals surface area contributed by atoms with Crippen molar-refractivity contribution in [1.82, 2.24) is 5.32 Å². The Labute approximate surface area is 66.8 Å². The minimum atomic E-state index is 0.145. The lowest BCUT2D eigenvalue weighted by atomic mass is 9.88. The van der Waals surface area contributed by atoms with Gasteiger partial charge in [-0.05, 0) is 18.3 Å². The molecular weight excluding hydrogens is 142 g/mol. The number of hydrogen-bond acceptors (Lipinski definition) is 2. The van der Waals surface area contributed by atoms with Crippen molar-refractivity contribution in [3.8, 4) is 0 Å². The highest BCUT2D eigenvalue weighted by molar-refractivity contribution is 5.76. The first-order valence-corrected chi connectivity index (χ1v) is 4.11. The Morgan fingerprint density at radius 3 is 3.00 bits per heavy atom. The van der Waals surface area contributed by atoms with Gasteiger partial charge >= 0.3 is 0 Å². The van der Waals surface area contributed by atoms with E-state index < -0.39 is 0 Å². The first kappa shape index (κ1) is 8.53. The Balaban J connectivity index is 2.32. The SMILES string of the molecule is CC(CO)C1CCC(=O)NC1. The molecule has 1 aliphatic rings. The molecule has 0 radical (unpaired) electrons. The molecule has 0 aromatic carbocycles. The van der Waals surface area contributed by atoms with Gasteiger partial charge in [-0.1, -0.05) is 6.92 Å². The molecule has 1 aliphatic heterocycles. The summed E-state index contributed by atoms with van der Waals surface area (Å²) in [7, 11) is 0. The first-order valence-electron chi connectivity index (χ1n) is 4.11. The van der Waals surface area contributed by atoms with Crippen molar-refractivity contribution in [2.75, 3.05) is 13.2 Å². The lowest BCUT2D eigenvalue weighted by Gasteiger charge is -2.26. The molecule has 0 spiro atoms. The minimum Gasteiger partial charge on any atom is -0.396 e. The van der Waals surface area contributed by atoms with Gasteiger partial charge in [-0.3, -0.25) is 4.79 Å². The zero-order valence-corrected chi connectivity index (χ0v) is 6.84. The van der Waals surface area contributed by atoms with E-state index in [1.165, 1.54) is 0 Å². The highest BCUT2D eigenvalue weighted by Gasteiger charge is 2.22. The van der Waals surface area contributed by atoms with Gasteiger partial charge in [-0.2, -0.15) is 0 Å².